The van der Waals surface area contributed by atoms with E-state index in [1.807, 2.05) is 12.3 Å². The second-order valence-electron chi connectivity index (χ2n) is 2.99. The average Bonchev–Trinajstić information content (AvgIpc) is 2.45. The van der Waals surface area contributed by atoms with Crippen LogP contribution in [-0.2, 0) is 6.42 Å². The van der Waals surface area contributed by atoms with E-state index in [1.165, 1.54) is 16.8 Å². The van der Waals surface area contributed by atoms with Gasteiger partial charge in [0.15, 0.2) is 0 Å². The fourth-order valence-corrected chi connectivity index (χ4v) is 1.35. The van der Waals surface area contributed by atoms with E-state index >= 15 is 0 Å². The molecule has 1 heterocycles. The second kappa shape index (κ2) is 4.67. The van der Waals surface area contributed by atoms with E-state index in [1.54, 1.807) is 6.08 Å². The number of allylic oxidation sites excluding steroid dienone is 2. The first-order chi connectivity index (χ1) is 6.29. The molecule has 0 aliphatic rings. The van der Waals surface area contributed by atoms with Gasteiger partial charge in [-0.05, 0) is 31.0 Å². The molecule has 0 unspecified atom stereocenters. The second-order valence-corrected chi connectivity index (χ2v) is 2.99. The van der Waals surface area contributed by atoms with Crippen LogP contribution in [0.5, 0.6) is 0 Å². The Kier molecular flexibility index (Phi) is 3.53. The van der Waals surface area contributed by atoms with E-state index in [-0.39, 0.29) is 0 Å². The van der Waals surface area contributed by atoms with Crippen LogP contribution in [0.2, 0.25) is 0 Å². The van der Waals surface area contributed by atoms with E-state index in [9.17, 15) is 0 Å². The van der Waals surface area contributed by atoms with Crippen LogP contribution in [0.25, 0.3) is 6.08 Å². The molecule has 2 heteroatoms. The Morgan fingerprint density at radius 3 is 3.00 bits per heavy atom. The summed E-state index contributed by atoms with van der Waals surface area (Å²) in [6.07, 6.45) is 8.71. The number of hydrogen-bond acceptors (Lipinski definition) is 1. The summed E-state index contributed by atoms with van der Waals surface area (Å²) in [5.41, 5.74) is 9.21. The highest BCUT2D eigenvalue weighted by molar-refractivity contribution is 5.57. The van der Waals surface area contributed by atoms with Gasteiger partial charge in [-0.3, -0.25) is 0 Å². The third-order valence-electron chi connectivity index (χ3n) is 2.03. The van der Waals surface area contributed by atoms with Crippen LogP contribution in [0.4, 0.5) is 0 Å². The fraction of sp³-hybridized carbons (Fsp3) is 0.273. The van der Waals surface area contributed by atoms with Crippen molar-refractivity contribution in [2.75, 3.05) is 6.54 Å². The van der Waals surface area contributed by atoms with Gasteiger partial charge < -0.3 is 10.7 Å². The summed E-state index contributed by atoms with van der Waals surface area (Å²) in [5.74, 6) is 0. The van der Waals surface area contributed by atoms with E-state index in [0.29, 0.717) is 6.54 Å². The summed E-state index contributed by atoms with van der Waals surface area (Å²) >= 11 is 0. The fourth-order valence-electron chi connectivity index (χ4n) is 1.35. The number of nitrogens with two attached hydrogens (primary N) is 1. The maximum atomic E-state index is 5.51. The lowest BCUT2D eigenvalue weighted by Crippen LogP contribution is -2.02. The first-order valence-electron chi connectivity index (χ1n) is 4.45. The maximum absolute atomic E-state index is 5.51. The third-order valence-corrected chi connectivity index (χ3v) is 2.03. The summed E-state index contributed by atoms with van der Waals surface area (Å²) in [7, 11) is 0. The highest BCUT2D eigenvalue weighted by Crippen LogP contribution is 2.15. The lowest BCUT2D eigenvalue weighted by Gasteiger charge is -1.97. The van der Waals surface area contributed by atoms with E-state index < -0.39 is 0 Å². The molecule has 0 saturated heterocycles. The minimum atomic E-state index is 0.687. The first-order valence-corrected chi connectivity index (χ1v) is 4.45. The summed E-state index contributed by atoms with van der Waals surface area (Å²) < 4.78 is 0. The molecule has 0 aliphatic heterocycles. The van der Waals surface area contributed by atoms with Crippen LogP contribution in [0.1, 0.15) is 16.8 Å². The molecule has 0 bridgehead atoms. The SMILES string of the molecule is C=C/C=C\c1c(CCN)c[nH]c1C. The van der Waals surface area contributed by atoms with Gasteiger partial charge in [0, 0.05) is 11.9 Å². The first kappa shape index (κ1) is 9.81. The topological polar surface area (TPSA) is 41.8 Å². The lowest BCUT2D eigenvalue weighted by atomic mass is 10.1. The van der Waals surface area contributed by atoms with Crippen molar-refractivity contribution >= 4 is 6.08 Å². The van der Waals surface area contributed by atoms with Crippen molar-refractivity contribution in [2.45, 2.75) is 13.3 Å². The molecule has 0 amide bonds. The molecular formula is C11H16N2. The van der Waals surface area contributed by atoms with Gasteiger partial charge in [-0.2, -0.15) is 0 Å². The van der Waals surface area contributed by atoms with Crippen molar-refractivity contribution in [3.05, 3.63) is 41.7 Å². The minimum Gasteiger partial charge on any atom is -0.364 e. The lowest BCUT2D eigenvalue weighted by molar-refractivity contribution is 0.968. The normalized spacial score (nSPS) is 10.9. The van der Waals surface area contributed by atoms with Gasteiger partial charge in [0.1, 0.15) is 0 Å². The molecule has 2 nitrogen and oxygen atoms in total. The summed E-state index contributed by atoms with van der Waals surface area (Å²) in [5, 5.41) is 0. The molecule has 3 N–H and O–H groups in total. The monoisotopic (exact) mass is 176 g/mol. The zero-order valence-electron chi connectivity index (χ0n) is 8.01. The van der Waals surface area contributed by atoms with Crippen LogP contribution in [0.3, 0.4) is 0 Å². The molecule has 1 aromatic rings. The maximum Gasteiger partial charge on any atom is 0.0192 e. The molecular weight excluding hydrogens is 160 g/mol. The number of aromatic amines is 1. The third kappa shape index (κ3) is 2.33. The van der Waals surface area contributed by atoms with Gasteiger partial charge in [-0.15, -0.1) is 0 Å². The van der Waals surface area contributed by atoms with Crippen molar-refractivity contribution in [1.29, 1.82) is 0 Å². The van der Waals surface area contributed by atoms with Crippen molar-refractivity contribution in [2.24, 2.45) is 5.73 Å². The summed E-state index contributed by atoms with van der Waals surface area (Å²) in [4.78, 5) is 3.19. The van der Waals surface area contributed by atoms with Crippen molar-refractivity contribution in [3.63, 3.8) is 0 Å². The molecule has 0 atom stereocenters. The smallest absolute Gasteiger partial charge is 0.0192 e. The Bertz CT molecular complexity index is 308. The molecule has 0 fully saturated rings. The predicted octanol–water partition coefficient (Wildman–Crippen LogP) is 2.02. The Labute approximate surface area is 79.2 Å². The van der Waals surface area contributed by atoms with Gasteiger partial charge in [0.05, 0.1) is 0 Å². The average molecular weight is 176 g/mol. The predicted molar refractivity (Wildman–Crippen MR) is 57.5 cm³/mol. The zero-order chi connectivity index (χ0) is 9.68. The molecule has 1 aromatic heterocycles. The van der Waals surface area contributed by atoms with Gasteiger partial charge in [0.25, 0.3) is 0 Å². The van der Waals surface area contributed by atoms with Gasteiger partial charge >= 0.3 is 0 Å². The van der Waals surface area contributed by atoms with Crippen LogP contribution in [0, 0.1) is 6.92 Å². The molecule has 0 saturated carbocycles. The van der Waals surface area contributed by atoms with Gasteiger partial charge in [-0.25, -0.2) is 0 Å². The van der Waals surface area contributed by atoms with Crippen LogP contribution in [-0.4, -0.2) is 11.5 Å². The van der Waals surface area contributed by atoms with E-state index in [2.05, 4.69) is 24.6 Å². The van der Waals surface area contributed by atoms with E-state index in [4.69, 9.17) is 5.73 Å². The largest absolute Gasteiger partial charge is 0.364 e. The number of nitrogens with one attached hydrogen (secondary N) is 1. The highest BCUT2D eigenvalue weighted by Gasteiger charge is 2.02. The zero-order valence-corrected chi connectivity index (χ0v) is 8.01. The van der Waals surface area contributed by atoms with Crippen molar-refractivity contribution in [1.82, 2.24) is 4.98 Å². The molecule has 13 heavy (non-hydrogen) atoms. The standard InChI is InChI=1S/C11H16N2/c1-3-4-5-11-9(2)13-8-10(11)6-7-12/h3-5,8,13H,1,6-7,12H2,2H3/b5-4-. The van der Waals surface area contributed by atoms with Crippen LogP contribution >= 0.6 is 0 Å². The van der Waals surface area contributed by atoms with Crippen LogP contribution in [0.15, 0.2) is 24.9 Å². The molecule has 70 valence electrons. The molecule has 0 radical (unpaired) electrons. The minimum absolute atomic E-state index is 0.687. The quantitative estimate of drug-likeness (QED) is 0.677. The van der Waals surface area contributed by atoms with Crippen molar-refractivity contribution < 1.29 is 0 Å². The van der Waals surface area contributed by atoms with Gasteiger partial charge in [-0.1, -0.05) is 24.8 Å². The number of aromatic nitrogens is 1. The molecule has 0 spiro atoms. The number of H-pyrrole nitrogens is 1. The molecule has 0 aromatic carbocycles. The Morgan fingerprint density at radius 2 is 2.38 bits per heavy atom. The highest BCUT2D eigenvalue weighted by atomic mass is 14.7. The summed E-state index contributed by atoms with van der Waals surface area (Å²) in [6, 6.07) is 0. The Hall–Kier alpha value is -1.28. The van der Waals surface area contributed by atoms with E-state index in [0.717, 1.165) is 6.42 Å². The van der Waals surface area contributed by atoms with Crippen molar-refractivity contribution in [3.8, 4) is 0 Å². The van der Waals surface area contributed by atoms with Crippen LogP contribution < -0.4 is 5.73 Å². The summed E-state index contributed by atoms with van der Waals surface area (Å²) in [6.45, 7) is 6.39. The number of aryl methyl sites for hydroxylation is 1. The molecule has 0 aliphatic carbocycles. The Balaban J connectivity index is 2.93. The van der Waals surface area contributed by atoms with Gasteiger partial charge in [0.2, 0.25) is 0 Å². The number of rotatable bonds is 4. The number of hydrogen-bond donors (Lipinski definition) is 2. The molecule has 1 rings (SSSR count). The Morgan fingerprint density at radius 1 is 1.62 bits per heavy atom.